The maximum atomic E-state index is 13.3. The molecule has 5 aromatic rings. The average molecular weight is 487 g/mol. The molecule has 36 heavy (non-hydrogen) atoms. The summed E-state index contributed by atoms with van der Waals surface area (Å²) in [5, 5.41) is 10.3. The summed E-state index contributed by atoms with van der Waals surface area (Å²) < 4.78 is 51.8. The molecule has 0 aliphatic carbocycles. The molecule has 0 atom stereocenters. The second-order valence-electron chi connectivity index (χ2n) is 8.25. The van der Waals surface area contributed by atoms with E-state index in [0.717, 1.165) is 28.8 Å². The topological polar surface area (TPSA) is 50.2 Å². The summed E-state index contributed by atoms with van der Waals surface area (Å²) in [6.07, 6.45) is -4.40. The van der Waals surface area contributed by atoms with Crippen LogP contribution in [0.25, 0.3) is 44.4 Å². The Morgan fingerprint density at radius 2 is 1.17 bits per heavy atom. The van der Waals surface area contributed by atoms with Gasteiger partial charge in [0.25, 0.3) is 0 Å². The number of rotatable bonds is 4. The molecule has 178 valence electrons. The second-order valence-corrected chi connectivity index (χ2v) is 8.25. The van der Waals surface area contributed by atoms with Crippen LogP contribution in [0.2, 0.25) is 0 Å². The van der Waals surface area contributed by atoms with Crippen molar-refractivity contribution < 1.29 is 27.5 Å². The van der Waals surface area contributed by atoms with Crippen molar-refractivity contribution in [2.75, 3.05) is 0 Å². The van der Waals surface area contributed by atoms with E-state index < -0.39 is 17.7 Å². The molecule has 1 N–H and O–H groups in total. The van der Waals surface area contributed by atoms with E-state index in [1.807, 2.05) is 0 Å². The van der Waals surface area contributed by atoms with Crippen LogP contribution in [0.1, 0.15) is 15.9 Å². The van der Waals surface area contributed by atoms with Crippen LogP contribution in [-0.4, -0.2) is 16.1 Å². The Morgan fingerprint density at radius 3 is 1.75 bits per heavy atom. The summed E-state index contributed by atoms with van der Waals surface area (Å²) in [6, 6.07) is 24.5. The molecule has 1 aromatic heterocycles. The smallest absolute Gasteiger partial charge is 0.416 e. The van der Waals surface area contributed by atoms with E-state index in [1.54, 1.807) is 54.6 Å². The van der Waals surface area contributed by atoms with E-state index in [2.05, 4.69) is 4.98 Å². The van der Waals surface area contributed by atoms with E-state index in [-0.39, 0.29) is 11.4 Å². The molecule has 0 saturated heterocycles. The monoisotopic (exact) mass is 487 g/mol. The predicted molar refractivity (Wildman–Crippen MR) is 130 cm³/mol. The van der Waals surface area contributed by atoms with Gasteiger partial charge in [0.15, 0.2) is 0 Å². The predicted octanol–water partition coefficient (Wildman–Crippen LogP) is 8.09. The number of aromatic nitrogens is 1. The lowest BCUT2D eigenvalue weighted by atomic mass is 9.98. The fraction of sp³-hybridized carbons (Fsp3) is 0.0345. The molecular formula is C29H17F4NO2. The molecule has 0 saturated carbocycles. The number of benzene rings is 4. The number of carboxylic acids is 1. The largest absolute Gasteiger partial charge is 0.478 e. The Hall–Kier alpha value is -4.52. The molecule has 7 heteroatoms. The fourth-order valence-electron chi connectivity index (χ4n) is 4.06. The van der Waals surface area contributed by atoms with Gasteiger partial charge in [0.2, 0.25) is 0 Å². The third-order valence-corrected chi connectivity index (χ3v) is 5.94. The van der Waals surface area contributed by atoms with Gasteiger partial charge in [-0.25, -0.2) is 14.2 Å². The van der Waals surface area contributed by atoms with Crippen LogP contribution in [0.4, 0.5) is 17.6 Å². The van der Waals surface area contributed by atoms with Gasteiger partial charge in [-0.15, -0.1) is 0 Å². The SMILES string of the molecule is O=C(O)c1cc(-c2ccc(-c3ccc(C(F)(F)F)cc3)cc2)nc2ccc(-c3ccc(F)cc3)cc12. The molecule has 0 bridgehead atoms. The zero-order valence-corrected chi connectivity index (χ0v) is 18.6. The zero-order chi connectivity index (χ0) is 25.4. The van der Waals surface area contributed by atoms with Crippen molar-refractivity contribution in [2.24, 2.45) is 0 Å². The number of aromatic carboxylic acids is 1. The number of hydrogen-bond acceptors (Lipinski definition) is 2. The van der Waals surface area contributed by atoms with E-state index in [9.17, 15) is 27.5 Å². The maximum absolute atomic E-state index is 13.3. The summed E-state index contributed by atoms with van der Waals surface area (Å²) in [5.41, 5.74) is 3.79. The summed E-state index contributed by atoms with van der Waals surface area (Å²) in [4.78, 5) is 16.7. The van der Waals surface area contributed by atoms with Gasteiger partial charge >= 0.3 is 12.1 Å². The van der Waals surface area contributed by atoms with E-state index in [0.29, 0.717) is 27.7 Å². The highest BCUT2D eigenvalue weighted by Crippen LogP contribution is 2.33. The van der Waals surface area contributed by atoms with E-state index in [4.69, 9.17) is 0 Å². The Kier molecular flexibility index (Phi) is 5.76. The number of hydrogen-bond donors (Lipinski definition) is 1. The van der Waals surface area contributed by atoms with Crippen LogP contribution < -0.4 is 0 Å². The molecule has 3 nitrogen and oxygen atoms in total. The van der Waals surface area contributed by atoms with Gasteiger partial charge < -0.3 is 5.11 Å². The summed E-state index contributed by atoms with van der Waals surface area (Å²) in [7, 11) is 0. The number of pyridine rings is 1. The summed E-state index contributed by atoms with van der Waals surface area (Å²) in [5.74, 6) is -1.47. The van der Waals surface area contributed by atoms with E-state index >= 15 is 0 Å². The van der Waals surface area contributed by atoms with Crippen molar-refractivity contribution in [2.45, 2.75) is 6.18 Å². The lowest BCUT2D eigenvalue weighted by Gasteiger charge is -2.11. The minimum atomic E-state index is -4.40. The minimum Gasteiger partial charge on any atom is -0.478 e. The van der Waals surface area contributed by atoms with Crippen molar-refractivity contribution in [1.82, 2.24) is 4.98 Å². The molecule has 5 rings (SSSR count). The highest BCUT2D eigenvalue weighted by Gasteiger charge is 2.30. The normalized spacial score (nSPS) is 11.6. The van der Waals surface area contributed by atoms with Crippen LogP contribution in [0, 0.1) is 5.82 Å². The molecule has 0 aliphatic heterocycles. The highest BCUT2D eigenvalue weighted by atomic mass is 19.4. The number of halogens is 4. The first-order valence-electron chi connectivity index (χ1n) is 10.9. The Balaban J connectivity index is 1.51. The number of fused-ring (bicyclic) bond motifs is 1. The third kappa shape index (κ3) is 4.55. The van der Waals surface area contributed by atoms with Crippen molar-refractivity contribution in [3.63, 3.8) is 0 Å². The van der Waals surface area contributed by atoms with Gasteiger partial charge in [-0.1, -0.05) is 54.6 Å². The minimum absolute atomic E-state index is 0.0748. The molecular weight excluding hydrogens is 470 g/mol. The molecule has 0 spiro atoms. The second kappa shape index (κ2) is 8.92. The van der Waals surface area contributed by atoms with E-state index in [1.165, 1.54) is 30.3 Å². The highest BCUT2D eigenvalue weighted by molar-refractivity contribution is 6.05. The summed E-state index contributed by atoms with van der Waals surface area (Å²) in [6.45, 7) is 0. The van der Waals surface area contributed by atoms with Gasteiger partial charge in [-0.3, -0.25) is 0 Å². The first kappa shape index (κ1) is 23.2. The van der Waals surface area contributed by atoms with Gasteiger partial charge in [-0.05, 0) is 64.7 Å². The first-order chi connectivity index (χ1) is 17.2. The number of carbonyl (C=O) groups is 1. The molecule has 0 aliphatic rings. The fourth-order valence-corrected chi connectivity index (χ4v) is 4.06. The summed E-state index contributed by atoms with van der Waals surface area (Å²) >= 11 is 0. The first-order valence-corrected chi connectivity index (χ1v) is 10.9. The zero-order valence-electron chi connectivity index (χ0n) is 18.6. The lowest BCUT2D eigenvalue weighted by molar-refractivity contribution is -0.137. The van der Waals surface area contributed by atoms with Crippen molar-refractivity contribution in [1.29, 1.82) is 0 Å². The number of carboxylic acid groups (broad SMARTS) is 1. The van der Waals surface area contributed by atoms with Gasteiger partial charge in [0, 0.05) is 10.9 Å². The molecule has 1 heterocycles. The number of nitrogens with zero attached hydrogens (tertiary/aromatic N) is 1. The maximum Gasteiger partial charge on any atom is 0.416 e. The molecule has 0 unspecified atom stereocenters. The lowest BCUT2D eigenvalue weighted by Crippen LogP contribution is -2.03. The Labute approximate surface area is 203 Å². The van der Waals surface area contributed by atoms with Crippen LogP contribution in [0.3, 0.4) is 0 Å². The Bertz CT molecular complexity index is 1570. The average Bonchev–Trinajstić information content (AvgIpc) is 2.88. The third-order valence-electron chi connectivity index (χ3n) is 5.94. The molecule has 0 fully saturated rings. The van der Waals surface area contributed by atoms with Crippen molar-refractivity contribution >= 4 is 16.9 Å². The van der Waals surface area contributed by atoms with Crippen LogP contribution >= 0.6 is 0 Å². The van der Waals surface area contributed by atoms with Gasteiger partial charge in [-0.2, -0.15) is 13.2 Å². The quantitative estimate of drug-likeness (QED) is 0.261. The molecule has 4 aromatic carbocycles. The van der Waals surface area contributed by atoms with Crippen molar-refractivity contribution in [3.05, 3.63) is 114 Å². The van der Waals surface area contributed by atoms with Gasteiger partial charge in [0.1, 0.15) is 5.82 Å². The van der Waals surface area contributed by atoms with Crippen LogP contribution in [0.15, 0.2) is 97.1 Å². The molecule has 0 radical (unpaired) electrons. The van der Waals surface area contributed by atoms with Crippen molar-refractivity contribution in [3.8, 4) is 33.5 Å². The Morgan fingerprint density at radius 1 is 0.667 bits per heavy atom. The van der Waals surface area contributed by atoms with Crippen LogP contribution in [0.5, 0.6) is 0 Å². The molecule has 0 amide bonds. The van der Waals surface area contributed by atoms with Crippen LogP contribution in [-0.2, 0) is 6.18 Å². The number of alkyl halides is 3. The van der Waals surface area contributed by atoms with Gasteiger partial charge in [0.05, 0.1) is 22.3 Å². The standard InChI is InChI=1S/C29H17F4NO2/c30-23-12-7-19(8-13-23)21-9-14-26-24(15-21)25(28(35)36)16-27(34-26)20-3-1-17(2-4-20)18-5-10-22(11-6-18)29(31,32)33/h1-16H,(H,35,36).